The highest BCUT2D eigenvalue weighted by atomic mass is 35.5. The first-order valence-corrected chi connectivity index (χ1v) is 7.14. The van der Waals surface area contributed by atoms with E-state index >= 15 is 0 Å². The van der Waals surface area contributed by atoms with Gasteiger partial charge in [-0.15, -0.1) is 0 Å². The maximum absolute atomic E-state index is 11.6. The molecule has 2 atom stereocenters. The summed E-state index contributed by atoms with van der Waals surface area (Å²) in [6.45, 7) is 0.473. The van der Waals surface area contributed by atoms with Crippen molar-refractivity contribution in [3.63, 3.8) is 0 Å². The smallest absolute Gasteiger partial charge is 0.325 e. The normalized spacial score (nSPS) is 21.3. The number of methoxy groups -OCH3 is 1. The van der Waals surface area contributed by atoms with Crippen molar-refractivity contribution in [2.24, 2.45) is 5.73 Å². The predicted octanol–water partition coefficient (Wildman–Crippen LogP) is 1.47. The maximum Gasteiger partial charge on any atom is 0.325 e. The van der Waals surface area contributed by atoms with Crippen molar-refractivity contribution in [1.29, 1.82) is 0 Å². The number of aromatic nitrogens is 2. The monoisotopic (exact) mass is 322 g/mol. The summed E-state index contributed by atoms with van der Waals surface area (Å²) < 4.78 is 10.6. The molecule has 0 bridgehead atoms. The number of carbonyl (C=O) groups is 1. The van der Waals surface area contributed by atoms with Crippen LogP contribution in [-0.2, 0) is 9.53 Å². The molecule has 1 aromatic heterocycles. The summed E-state index contributed by atoms with van der Waals surface area (Å²) in [5.41, 5.74) is 6.17. The molecule has 0 saturated carbocycles. The number of amides is 1. The Balaban J connectivity index is 1.88. The van der Waals surface area contributed by atoms with Gasteiger partial charge < -0.3 is 19.9 Å². The standard InChI is InChI=1S/C14H15ClN4O3/c1-21-10-6-11(12(16)20)19(7-10)14-17-13(18-22-14)8-3-2-4-9(15)5-8/h2-5,10-11H,6-7H2,1H3,(H2,16,20)/t10-,11-/m0/s1. The van der Waals surface area contributed by atoms with Crippen LogP contribution in [0.5, 0.6) is 0 Å². The zero-order valence-electron chi connectivity index (χ0n) is 11.9. The van der Waals surface area contributed by atoms with Crippen LogP contribution < -0.4 is 10.6 Å². The summed E-state index contributed by atoms with van der Waals surface area (Å²) in [6.07, 6.45) is 0.403. The molecule has 0 unspecified atom stereocenters. The zero-order chi connectivity index (χ0) is 15.7. The molecule has 3 rings (SSSR count). The van der Waals surface area contributed by atoms with Gasteiger partial charge in [-0.1, -0.05) is 28.9 Å². The summed E-state index contributed by atoms with van der Waals surface area (Å²) >= 11 is 5.96. The number of primary amides is 1. The van der Waals surface area contributed by atoms with Gasteiger partial charge in [0.25, 0.3) is 0 Å². The molecule has 1 aliphatic heterocycles. The first-order chi connectivity index (χ1) is 10.6. The van der Waals surface area contributed by atoms with Crippen molar-refractivity contribution in [3.05, 3.63) is 29.3 Å². The highest BCUT2D eigenvalue weighted by Gasteiger charge is 2.38. The van der Waals surface area contributed by atoms with Crippen LogP contribution in [-0.4, -0.2) is 41.8 Å². The van der Waals surface area contributed by atoms with Crippen LogP contribution in [0.4, 0.5) is 6.01 Å². The molecule has 1 fully saturated rings. The fourth-order valence-corrected chi connectivity index (χ4v) is 2.72. The van der Waals surface area contributed by atoms with E-state index in [-0.39, 0.29) is 12.1 Å². The number of hydrogen-bond acceptors (Lipinski definition) is 6. The van der Waals surface area contributed by atoms with Gasteiger partial charge in [0.1, 0.15) is 6.04 Å². The van der Waals surface area contributed by atoms with Gasteiger partial charge in [0, 0.05) is 30.7 Å². The molecule has 22 heavy (non-hydrogen) atoms. The first kappa shape index (κ1) is 14.8. The number of nitrogens with two attached hydrogens (primary N) is 1. The van der Waals surface area contributed by atoms with Crippen molar-refractivity contribution in [2.75, 3.05) is 18.6 Å². The lowest BCUT2D eigenvalue weighted by atomic mass is 10.2. The molecule has 1 aromatic carbocycles. The van der Waals surface area contributed by atoms with Gasteiger partial charge in [0.15, 0.2) is 0 Å². The molecular formula is C14H15ClN4O3. The molecule has 0 radical (unpaired) electrons. The van der Waals surface area contributed by atoms with Crippen LogP contribution in [0.2, 0.25) is 5.02 Å². The quantitative estimate of drug-likeness (QED) is 0.916. The van der Waals surface area contributed by atoms with Crippen LogP contribution in [0, 0.1) is 0 Å². The van der Waals surface area contributed by atoms with Gasteiger partial charge in [0.05, 0.1) is 6.10 Å². The third-order valence-electron chi connectivity index (χ3n) is 3.67. The minimum atomic E-state index is -0.516. The van der Waals surface area contributed by atoms with E-state index in [2.05, 4.69) is 10.1 Å². The van der Waals surface area contributed by atoms with E-state index in [1.807, 2.05) is 6.07 Å². The van der Waals surface area contributed by atoms with E-state index in [9.17, 15) is 4.79 Å². The largest absolute Gasteiger partial charge is 0.380 e. The van der Waals surface area contributed by atoms with Crippen molar-refractivity contribution in [1.82, 2.24) is 10.1 Å². The van der Waals surface area contributed by atoms with Crippen molar-refractivity contribution >= 4 is 23.5 Å². The summed E-state index contributed by atoms with van der Waals surface area (Å²) in [6, 6.07) is 6.86. The third-order valence-corrected chi connectivity index (χ3v) is 3.90. The van der Waals surface area contributed by atoms with E-state index in [4.69, 9.17) is 26.6 Å². The summed E-state index contributed by atoms with van der Waals surface area (Å²) in [7, 11) is 1.59. The maximum atomic E-state index is 11.6. The van der Waals surface area contributed by atoms with Gasteiger partial charge in [-0.25, -0.2) is 0 Å². The summed E-state index contributed by atoms with van der Waals surface area (Å²) in [5, 5.41) is 4.52. The lowest BCUT2D eigenvalue weighted by Crippen LogP contribution is -2.40. The number of carbonyl (C=O) groups excluding carboxylic acids is 1. The second-order valence-corrected chi connectivity index (χ2v) is 5.51. The second kappa shape index (κ2) is 5.94. The molecule has 116 valence electrons. The van der Waals surface area contributed by atoms with Gasteiger partial charge in [0.2, 0.25) is 11.7 Å². The first-order valence-electron chi connectivity index (χ1n) is 6.77. The van der Waals surface area contributed by atoms with E-state index in [0.717, 1.165) is 5.56 Å². The molecule has 1 saturated heterocycles. The third kappa shape index (κ3) is 2.77. The van der Waals surface area contributed by atoms with Crippen molar-refractivity contribution in [2.45, 2.75) is 18.6 Å². The Kier molecular flexibility index (Phi) is 4.00. The summed E-state index contributed by atoms with van der Waals surface area (Å²) in [4.78, 5) is 17.6. The van der Waals surface area contributed by atoms with Gasteiger partial charge >= 0.3 is 6.01 Å². The van der Waals surface area contributed by atoms with E-state index < -0.39 is 11.9 Å². The van der Waals surface area contributed by atoms with Crippen molar-refractivity contribution in [3.8, 4) is 11.4 Å². The molecule has 2 N–H and O–H groups in total. The number of benzene rings is 1. The topological polar surface area (TPSA) is 94.5 Å². The lowest BCUT2D eigenvalue weighted by molar-refractivity contribution is -0.119. The minimum absolute atomic E-state index is 0.0981. The Bertz CT molecular complexity index is 690. The molecule has 1 amide bonds. The molecule has 7 nitrogen and oxygen atoms in total. The number of rotatable bonds is 4. The van der Waals surface area contributed by atoms with Crippen LogP contribution in [0.25, 0.3) is 11.4 Å². The lowest BCUT2D eigenvalue weighted by Gasteiger charge is -2.18. The van der Waals surface area contributed by atoms with Gasteiger partial charge in [-0.3, -0.25) is 4.79 Å². The van der Waals surface area contributed by atoms with Gasteiger partial charge in [-0.05, 0) is 12.1 Å². The fourth-order valence-electron chi connectivity index (χ4n) is 2.53. The Hall–Kier alpha value is -2.12. The SMILES string of the molecule is CO[C@H]1C[C@@H](C(N)=O)N(c2nc(-c3cccc(Cl)c3)no2)C1. The van der Waals surface area contributed by atoms with Gasteiger partial charge in [-0.2, -0.15) is 4.98 Å². The molecule has 0 aliphatic carbocycles. The highest BCUT2D eigenvalue weighted by Crippen LogP contribution is 2.28. The molecule has 2 aromatic rings. The molecule has 1 aliphatic rings. The number of hydrogen-bond donors (Lipinski definition) is 1. The Morgan fingerprint density at radius 2 is 2.36 bits per heavy atom. The molecule has 0 spiro atoms. The van der Waals surface area contributed by atoms with E-state index in [1.54, 1.807) is 30.2 Å². The molecular weight excluding hydrogens is 308 g/mol. The van der Waals surface area contributed by atoms with Crippen LogP contribution in [0.1, 0.15) is 6.42 Å². The van der Waals surface area contributed by atoms with E-state index in [0.29, 0.717) is 23.8 Å². The zero-order valence-corrected chi connectivity index (χ0v) is 12.7. The number of halogens is 1. The molecule has 8 heteroatoms. The Labute approximate surface area is 132 Å². The average Bonchev–Trinajstić information content (AvgIpc) is 3.13. The van der Waals surface area contributed by atoms with Crippen LogP contribution in [0.15, 0.2) is 28.8 Å². The average molecular weight is 323 g/mol. The summed E-state index contributed by atoms with van der Waals surface area (Å²) in [5.74, 6) is -0.0383. The fraction of sp³-hybridized carbons (Fsp3) is 0.357. The Morgan fingerprint density at radius 1 is 1.55 bits per heavy atom. The number of nitrogens with zero attached hydrogens (tertiary/aromatic N) is 3. The highest BCUT2D eigenvalue weighted by molar-refractivity contribution is 6.30. The van der Waals surface area contributed by atoms with Crippen molar-refractivity contribution < 1.29 is 14.1 Å². The minimum Gasteiger partial charge on any atom is -0.380 e. The second-order valence-electron chi connectivity index (χ2n) is 5.07. The van der Waals surface area contributed by atoms with Crippen LogP contribution in [0.3, 0.4) is 0 Å². The molecule has 2 heterocycles. The Morgan fingerprint density at radius 3 is 3.05 bits per heavy atom. The number of ether oxygens (including phenoxy) is 1. The van der Waals surface area contributed by atoms with E-state index in [1.165, 1.54) is 0 Å². The van der Waals surface area contributed by atoms with Crippen LogP contribution >= 0.6 is 11.6 Å². The number of anilines is 1. The predicted molar refractivity (Wildman–Crippen MR) is 80.5 cm³/mol.